The summed E-state index contributed by atoms with van der Waals surface area (Å²) in [6.45, 7) is 19.6. The third-order valence-electron chi connectivity index (χ3n) is 7.38. The molecule has 2 heterocycles. The summed E-state index contributed by atoms with van der Waals surface area (Å²) >= 11 is 0. The molecule has 1 saturated heterocycles. The largest absolute Gasteiger partial charge is 0.443 e. The standard InChI is InChI=1S/C30H35N3O3.C10H19NO4/c1-22-8-5-10-25(18-22)24-13-16-32(17-14-24)28(34)26-11-6-12-27(19-26)33(29(35)36-30(2,3)4)21-23-9-7-15-31-20-23;1-9(2,3)14-7(12)11-8(13)15-10(4,5)6/h5-12,15,18-20,24H,13-14,16-17,21H2,1-4H3;1-6H3,(H,11,12,13). The summed E-state index contributed by atoms with van der Waals surface area (Å²) in [6, 6.07) is 19.7. The van der Waals surface area contributed by atoms with Gasteiger partial charge in [-0.3, -0.25) is 14.7 Å². The third-order valence-corrected chi connectivity index (χ3v) is 7.38. The average molecular weight is 703 g/mol. The molecule has 2 aromatic carbocycles. The molecule has 1 aliphatic heterocycles. The first-order chi connectivity index (χ1) is 23.7. The monoisotopic (exact) mass is 702 g/mol. The Labute approximate surface area is 302 Å². The van der Waals surface area contributed by atoms with E-state index < -0.39 is 35.1 Å². The number of carbonyl (C=O) groups excluding carboxylic acids is 4. The summed E-state index contributed by atoms with van der Waals surface area (Å²) < 4.78 is 15.4. The lowest BCUT2D eigenvalue weighted by Crippen LogP contribution is -2.39. The molecule has 1 aliphatic rings. The van der Waals surface area contributed by atoms with Crippen LogP contribution in [0.25, 0.3) is 0 Å². The fourth-order valence-corrected chi connectivity index (χ4v) is 5.27. The number of hydrogen-bond acceptors (Lipinski definition) is 8. The number of carbonyl (C=O) groups is 4. The Morgan fingerprint density at radius 1 is 0.784 bits per heavy atom. The van der Waals surface area contributed by atoms with Gasteiger partial charge >= 0.3 is 18.3 Å². The SMILES string of the molecule is CC(C)(C)OC(=O)NC(=O)OC(C)(C)C.Cc1cccc(C2CCN(C(=O)c3cccc(N(Cc4cccnc4)C(=O)OC(C)(C)C)c3)CC2)c1. The Hall–Kier alpha value is -4.93. The maximum Gasteiger partial charge on any atom is 0.417 e. The van der Waals surface area contributed by atoms with Crippen molar-refractivity contribution in [1.82, 2.24) is 15.2 Å². The molecule has 1 N–H and O–H groups in total. The van der Waals surface area contributed by atoms with Crippen molar-refractivity contribution in [1.29, 1.82) is 0 Å². The number of piperidine rings is 1. The fourth-order valence-electron chi connectivity index (χ4n) is 5.27. The molecule has 3 aromatic rings. The maximum atomic E-state index is 13.4. The molecule has 51 heavy (non-hydrogen) atoms. The van der Waals surface area contributed by atoms with Gasteiger partial charge in [-0.05, 0) is 123 Å². The van der Waals surface area contributed by atoms with Crippen molar-refractivity contribution in [3.8, 4) is 0 Å². The molecule has 1 fully saturated rings. The van der Waals surface area contributed by atoms with Gasteiger partial charge in [0.2, 0.25) is 0 Å². The molecule has 11 nitrogen and oxygen atoms in total. The molecule has 276 valence electrons. The average Bonchev–Trinajstić information content (AvgIpc) is 3.01. The van der Waals surface area contributed by atoms with Crippen LogP contribution in [0.3, 0.4) is 0 Å². The van der Waals surface area contributed by atoms with Gasteiger partial charge in [-0.2, -0.15) is 0 Å². The van der Waals surface area contributed by atoms with Crippen molar-refractivity contribution in [3.63, 3.8) is 0 Å². The number of aryl methyl sites for hydroxylation is 1. The Morgan fingerprint density at radius 2 is 1.37 bits per heavy atom. The Balaban J connectivity index is 0.000000396. The van der Waals surface area contributed by atoms with Crippen LogP contribution in [0.1, 0.15) is 108 Å². The normalized spacial score (nSPS) is 13.6. The van der Waals surface area contributed by atoms with E-state index in [1.54, 1.807) is 64.9 Å². The highest BCUT2D eigenvalue weighted by atomic mass is 16.6. The highest BCUT2D eigenvalue weighted by Gasteiger charge is 2.28. The van der Waals surface area contributed by atoms with Gasteiger partial charge in [-0.25, -0.2) is 19.7 Å². The summed E-state index contributed by atoms with van der Waals surface area (Å²) in [5.74, 6) is 0.465. The van der Waals surface area contributed by atoms with Crippen LogP contribution in [-0.2, 0) is 20.8 Å². The number of nitrogens with one attached hydrogen (secondary N) is 1. The van der Waals surface area contributed by atoms with Crippen LogP contribution in [0.4, 0.5) is 20.1 Å². The van der Waals surface area contributed by atoms with E-state index in [0.29, 0.717) is 36.8 Å². The maximum absolute atomic E-state index is 13.4. The van der Waals surface area contributed by atoms with Crippen LogP contribution in [0.15, 0.2) is 73.1 Å². The van der Waals surface area contributed by atoms with Crippen molar-refractivity contribution in [3.05, 3.63) is 95.3 Å². The first-order valence-electron chi connectivity index (χ1n) is 17.3. The smallest absolute Gasteiger partial charge is 0.417 e. The van der Waals surface area contributed by atoms with E-state index in [4.69, 9.17) is 14.2 Å². The van der Waals surface area contributed by atoms with E-state index >= 15 is 0 Å². The minimum atomic E-state index is -0.809. The van der Waals surface area contributed by atoms with Crippen LogP contribution in [0, 0.1) is 6.92 Å². The summed E-state index contributed by atoms with van der Waals surface area (Å²) in [5.41, 5.74) is 2.78. The number of hydrogen-bond donors (Lipinski definition) is 1. The first kappa shape index (κ1) is 40.5. The molecule has 0 bridgehead atoms. The second-order valence-corrected chi connectivity index (χ2v) is 15.6. The fraction of sp³-hybridized carbons (Fsp3) is 0.475. The van der Waals surface area contributed by atoms with Crippen molar-refractivity contribution in [2.45, 2.75) is 111 Å². The molecular weight excluding hydrogens is 648 g/mol. The highest BCUT2D eigenvalue weighted by molar-refractivity contribution is 5.97. The minimum Gasteiger partial charge on any atom is -0.443 e. The molecule has 0 radical (unpaired) electrons. The number of ether oxygens (including phenoxy) is 3. The number of likely N-dealkylation sites (tertiary alicyclic amines) is 1. The second kappa shape index (κ2) is 17.3. The zero-order valence-electron chi connectivity index (χ0n) is 31.7. The van der Waals surface area contributed by atoms with Crippen molar-refractivity contribution in [2.75, 3.05) is 18.0 Å². The van der Waals surface area contributed by atoms with Crippen LogP contribution in [0.2, 0.25) is 0 Å². The van der Waals surface area contributed by atoms with E-state index in [0.717, 1.165) is 18.4 Å². The number of imide groups is 1. The molecule has 0 atom stereocenters. The predicted octanol–water partition coefficient (Wildman–Crippen LogP) is 8.80. The molecule has 4 rings (SSSR count). The first-order valence-corrected chi connectivity index (χ1v) is 17.3. The van der Waals surface area contributed by atoms with Crippen LogP contribution in [0.5, 0.6) is 0 Å². The summed E-state index contributed by atoms with van der Waals surface area (Å²) in [5, 5.41) is 1.97. The second-order valence-electron chi connectivity index (χ2n) is 15.6. The lowest BCUT2D eigenvalue weighted by atomic mass is 9.88. The van der Waals surface area contributed by atoms with E-state index in [2.05, 4.69) is 36.2 Å². The number of pyridine rings is 1. The van der Waals surface area contributed by atoms with Gasteiger partial charge in [0, 0.05) is 36.7 Å². The van der Waals surface area contributed by atoms with Gasteiger partial charge in [0.05, 0.1) is 6.54 Å². The van der Waals surface area contributed by atoms with Crippen molar-refractivity contribution >= 4 is 29.9 Å². The predicted molar refractivity (Wildman–Crippen MR) is 198 cm³/mol. The number of benzene rings is 2. The Kier molecular flexibility index (Phi) is 13.8. The van der Waals surface area contributed by atoms with Gasteiger partial charge in [0.15, 0.2) is 0 Å². The zero-order chi connectivity index (χ0) is 38.0. The number of alkyl carbamates (subject to hydrolysis) is 2. The highest BCUT2D eigenvalue weighted by Crippen LogP contribution is 2.30. The third kappa shape index (κ3) is 14.4. The van der Waals surface area contributed by atoms with Gasteiger partial charge in [0.1, 0.15) is 16.8 Å². The molecule has 0 unspecified atom stereocenters. The van der Waals surface area contributed by atoms with Crippen LogP contribution >= 0.6 is 0 Å². The van der Waals surface area contributed by atoms with Crippen molar-refractivity contribution in [2.24, 2.45) is 0 Å². The van der Waals surface area contributed by atoms with E-state index in [-0.39, 0.29) is 5.91 Å². The molecule has 11 heteroatoms. The minimum absolute atomic E-state index is 0.00920. The van der Waals surface area contributed by atoms with E-state index in [9.17, 15) is 19.2 Å². The van der Waals surface area contributed by atoms with Crippen LogP contribution in [-0.4, -0.2) is 64.0 Å². The Bertz CT molecular complexity index is 1600. The number of anilines is 1. The molecule has 1 aromatic heterocycles. The van der Waals surface area contributed by atoms with Gasteiger partial charge in [-0.15, -0.1) is 0 Å². The quantitative estimate of drug-likeness (QED) is 0.262. The number of aromatic nitrogens is 1. The van der Waals surface area contributed by atoms with Crippen molar-refractivity contribution < 1.29 is 33.4 Å². The Morgan fingerprint density at radius 3 is 1.90 bits per heavy atom. The van der Waals surface area contributed by atoms with Crippen LogP contribution < -0.4 is 10.2 Å². The number of amides is 4. The van der Waals surface area contributed by atoms with E-state index in [1.807, 2.05) is 61.3 Å². The van der Waals surface area contributed by atoms with Gasteiger partial charge in [0.25, 0.3) is 5.91 Å². The summed E-state index contributed by atoms with van der Waals surface area (Å²) in [4.78, 5) is 56.4. The number of nitrogens with zero attached hydrogens (tertiary/aromatic N) is 3. The molecule has 0 aliphatic carbocycles. The summed E-state index contributed by atoms with van der Waals surface area (Å²) in [6.07, 6.45) is 3.23. The van der Waals surface area contributed by atoms with Gasteiger partial charge in [-0.1, -0.05) is 42.0 Å². The molecule has 4 amide bonds. The lowest BCUT2D eigenvalue weighted by Gasteiger charge is -2.33. The lowest BCUT2D eigenvalue weighted by molar-refractivity contribution is 0.0352. The zero-order valence-corrected chi connectivity index (χ0v) is 31.7. The topological polar surface area (TPSA) is 127 Å². The van der Waals surface area contributed by atoms with Gasteiger partial charge < -0.3 is 19.1 Å². The summed E-state index contributed by atoms with van der Waals surface area (Å²) in [7, 11) is 0. The molecule has 0 spiro atoms. The van der Waals surface area contributed by atoms with E-state index in [1.165, 1.54) is 11.1 Å². The molecular formula is C40H54N4O7. The molecule has 0 saturated carbocycles. The number of rotatable bonds is 5.